The Morgan fingerprint density at radius 2 is 2.15 bits per heavy atom. The molecule has 0 spiro atoms. The number of nitrogens with one attached hydrogen (secondary N) is 3. The molecule has 0 saturated carbocycles. The Hall–Kier alpha value is -1.88. The van der Waals surface area contributed by atoms with Crippen LogP contribution in [0.4, 0.5) is 0 Å². The van der Waals surface area contributed by atoms with Crippen LogP contribution in [0.1, 0.15) is 15.9 Å². The first-order chi connectivity index (χ1) is 6.42. The van der Waals surface area contributed by atoms with Crippen LogP contribution in [0, 0.1) is 0 Å². The van der Waals surface area contributed by atoms with Crippen molar-refractivity contribution in [1.82, 2.24) is 16.5 Å². The van der Waals surface area contributed by atoms with E-state index in [0.717, 1.165) is 11.8 Å². The van der Waals surface area contributed by atoms with E-state index in [4.69, 9.17) is 0 Å². The van der Waals surface area contributed by atoms with Crippen molar-refractivity contribution in [1.29, 1.82) is 0 Å². The highest BCUT2D eigenvalue weighted by molar-refractivity contribution is 6.04. The topological polar surface area (TPSA) is 65.5 Å². The third kappa shape index (κ3) is 1.36. The lowest BCUT2D eigenvalue weighted by atomic mass is 10.1. The first-order valence-corrected chi connectivity index (χ1v) is 3.80. The Morgan fingerprint density at radius 3 is 2.85 bits per heavy atom. The molecule has 1 aromatic rings. The molecule has 2 rings (SSSR count). The molecule has 1 aromatic carbocycles. The van der Waals surface area contributed by atoms with Crippen molar-refractivity contribution in [3.05, 3.63) is 35.4 Å². The molecule has 0 aromatic heterocycles. The molecule has 1 aliphatic rings. The zero-order chi connectivity index (χ0) is 9.10. The summed E-state index contributed by atoms with van der Waals surface area (Å²) in [6.07, 6.45) is 0.803. The number of aldehydes is 1. The fraction of sp³-hybridized carbons (Fsp3) is 0. The minimum Gasteiger partial charge on any atom is -0.298 e. The molecule has 0 radical (unpaired) electrons. The highest BCUT2D eigenvalue weighted by Gasteiger charge is 2.10. The van der Waals surface area contributed by atoms with Crippen LogP contribution in [-0.4, -0.2) is 12.1 Å². The maximum absolute atomic E-state index is 10.7. The molecule has 13 heavy (non-hydrogen) atoms. The summed E-state index contributed by atoms with van der Waals surface area (Å²) in [5.74, 6) is 0.614. The first kappa shape index (κ1) is 7.75. The Bertz CT molecular complexity index is 361. The SMILES string of the molecule is O=Cc1ccccc1C1=NNNN1. The average molecular weight is 176 g/mol. The highest BCUT2D eigenvalue weighted by Crippen LogP contribution is 2.06. The first-order valence-electron chi connectivity index (χ1n) is 3.80. The minimum absolute atomic E-state index is 0.610. The monoisotopic (exact) mass is 176 g/mol. The molecule has 5 heteroatoms. The second kappa shape index (κ2) is 3.24. The fourth-order valence-corrected chi connectivity index (χ4v) is 1.14. The van der Waals surface area contributed by atoms with E-state index in [1.165, 1.54) is 0 Å². The molecule has 1 heterocycles. The summed E-state index contributed by atoms with van der Waals surface area (Å²) in [4.78, 5) is 10.7. The van der Waals surface area contributed by atoms with E-state index in [1.54, 1.807) is 6.07 Å². The molecule has 66 valence electrons. The highest BCUT2D eigenvalue weighted by atomic mass is 16.1. The summed E-state index contributed by atoms with van der Waals surface area (Å²) in [7, 11) is 0. The molecular weight excluding hydrogens is 168 g/mol. The Morgan fingerprint density at radius 1 is 1.31 bits per heavy atom. The van der Waals surface area contributed by atoms with Gasteiger partial charge in [-0.3, -0.25) is 10.2 Å². The number of hydrogen-bond acceptors (Lipinski definition) is 5. The van der Waals surface area contributed by atoms with Crippen molar-refractivity contribution in [2.75, 3.05) is 0 Å². The van der Waals surface area contributed by atoms with Gasteiger partial charge in [0.05, 0.1) is 0 Å². The van der Waals surface area contributed by atoms with Crippen LogP contribution in [0.3, 0.4) is 0 Å². The summed E-state index contributed by atoms with van der Waals surface area (Å²) in [5, 5.41) is 3.90. The van der Waals surface area contributed by atoms with E-state index in [9.17, 15) is 4.79 Å². The molecule has 0 saturated heterocycles. The molecule has 0 aliphatic carbocycles. The van der Waals surface area contributed by atoms with Crippen LogP contribution in [0.5, 0.6) is 0 Å². The molecule has 0 amide bonds. The Labute approximate surface area is 74.8 Å². The number of carbonyl (C=O) groups is 1. The third-order valence-corrected chi connectivity index (χ3v) is 1.75. The molecule has 5 nitrogen and oxygen atoms in total. The lowest BCUT2D eigenvalue weighted by Gasteiger charge is -2.02. The summed E-state index contributed by atoms with van der Waals surface area (Å²) in [6.45, 7) is 0. The molecule has 0 unspecified atom stereocenters. The van der Waals surface area contributed by atoms with Gasteiger partial charge in [-0.15, -0.1) is 10.6 Å². The molecule has 1 aliphatic heterocycles. The van der Waals surface area contributed by atoms with Crippen LogP contribution in [0.2, 0.25) is 0 Å². The largest absolute Gasteiger partial charge is 0.298 e. The van der Waals surface area contributed by atoms with Crippen LogP contribution in [0.15, 0.2) is 29.4 Å². The second-order valence-corrected chi connectivity index (χ2v) is 2.53. The third-order valence-electron chi connectivity index (χ3n) is 1.75. The molecule has 0 fully saturated rings. The van der Waals surface area contributed by atoms with E-state index >= 15 is 0 Å². The van der Waals surface area contributed by atoms with Gasteiger partial charge in [-0.1, -0.05) is 24.3 Å². The van der Waals surface area contributed by atoms with Gasteiger partial charge in [-0.25, -0.2) is 5.53 Å². The van der Waals surface area contributed by atoms with E-state index in [1.807, 2.05) is 18.2 Å². The zero-order valence-electron chi connectivity index (χ0n) is 6.74. The summed E-state index contributed by atoms with van der Waals surface area (Å²) >= 11 is 0. The van der Waals surface area contributed by atoms with Crippen molar-refractivity contribution < 1.29 is 4.79 Å². The number of benzene rings is 1. The van der Waals surface area contributed by atoms with Gasteiger partial charge in [0.2, 0.25) is 0 Å². The molecular formula is C8H8N4O. The Kier molecular flexibility index (Phi) is 1.93. The average Bonchev–Trinajstić information content (AvgIpc) is 2.70. The minimum atomic E-state index is 0.610. The van der Waals surface area contributed by atoms with E-state index in [-0.39, 0.29) is 0 Å². The molecule has 0 bridgehead atoms. The molecule has 0 atom stereocenters. The van der Waals surface area contributed by atoms with Crippen molar-refractivity contribution in [2.24, 2.45) is 5.10 Å². The lowest BCUT2D eigenvalue weighted by molar-refractivity contribution is 0.112. The predicted octanol–water partition coefficient (Wildman–Crippen LogP) is -0.227. The van der Waals surface area contributed by atoms with Gasteiger partial charge < -0.3 is 0 Å². The van der Waals surface area contributed by atoms with Gasteiger partial charge in [0, 0.05) is 11.1 Å². The lowest BCUT2D eigenvalue weighted by Crippen LogP contribution is -2.35. The van der Waals surface area contributed by atoms with E-state index < -0.39 is 0 Å². The van der Waals surface area contributed by atoms with Crippen molar-refractivity contribution in [3.63, 3.8) is 0 Å². The number of rotatable bonds is 2. The normalized spacial score (nSPS) is 14.3. The number of amidine groups is 1. The zero-order valence-corrected chi connectivity index (χ0v) is 6.74. The quantitative estimate of drug-likeness (QED) is 0.545. The number of nitrogens with zero attached hydrogens (tertiary/aromatic N) is 1. The second-order valence-electron chi connectivity index (χ2n) is 2.53. The molecule has 3 N–H and O–H groups in total. The fourth-order valence-electron chi connectivity index (χ4n) is 1.14. The standard InChI is InChI=1S/C8H8N4O/c13-5-6-3-1-2-4-7(6)8-9-11-12-10-8/h1-5,11-12H,(H,9,10). The van der Waals surface area contributed by atoms with Gasteiger partial charge in [0.15, 0.2) is 12.1 Å². The Balaban J connectivity index is 2.43. The number of hydrazone groups is 1. The van der Waals surface area contributed by atoms with E-state index in [2.05, 4.69) is 21.6 Å². The van der Waals surface area contributed by atoms with Crippen LogP contribution in [-0.2, 0) is 0 Å². The van der Waals surface area contributed by atoms with Crippen LogP contribution in [0.25, 0.3) is 0 Å². The van der Waals surface area contributed by atoms with Crippen molar-refractivity contribution >= 4 is 12.1 Å². The van der Waals surface area contributed by atoms with E-state index in [0.29, 0.717) is 11.4 Å². The number of carbonyl (C=O) groups excluding carboxylic acids is 1. The summed E-state index contributed by atoms with van der Waals surface area (Å²) < 4.78 is 0. The van der Waals surface area contributed by atoms with Crippen LogP contribution >= 0.6 is 0 Å². The van der Waals surface area contributed by atoms with Gasteiger partial charge in [-0.2, -0.15) is 0 Å². The van der Waals surface area contributed by atoms with Crippen molar-refractivity contribution in [3.8, 4) is 0 Å². The summed E-state index contributed by atoms with van der Waals surface area (Å²) in [5.41, 5.74) is 9.30. The summed E-state index contributed by atoms with van der Waals surface area (Å²) in [6, 6.07) is 7.23. The van der Waals surface area contributed by atoms with Gasteiger partial charge in [-0.05, 0) is 0 Å². The smallest absolute Gasteiger partial charge is 0.171 e. The predicted molar refractivity (Wildman–Crippen MR) is 47.8 cm³/mol. The maximum Gasteiger partial charge on any atom is 0.171 e. The maximum atomic E-state index is 10.7. The number of hydrogen-bond donors (Lipinski definition) is 3. The van der Waals surface area contributed by atoms with Gasteiger partial charge in [0.1, 0.15) is 0 Å². The van der Waals surface area contributed by atoms with Gasteiger partial charge in [0.25, 0.3) is 0 Å². The van der Waals surface area contributed by atoms with Crippen LogP contribution < -0.4 is 16.5 Å². The van der Waals surface area contributed by atoms with Gasteiger partial charge >= 0.3 is 0 Å². The number of hydrazine groups is 2. The van der Waals surface area contributed by atoms with Crippen molar-refractivity contribution in [2.45, 2.75) is 0 Å².